The van der Waals surface area contributed by atoms with E-state index in [0.29, 0.717) is 27.8 Å². The first kappa shape index (κ1) is 20.3. The van der Waals surface area contributed by atoms with Gasteiger partial charge < -0.3 is 4.74 Å². The van der Waals surface area contributed by atoms with Crippen LogP contribution in [-0.2, 0) is 0 Å². The topological polar surface area (TPSA) is 68.0 Å². The van der Waals surface area contributed by atoms with Gasteiger partial charge in [0.2, 0.25) is 6.23 Å². The van der Waals surface area contributed by atoms with E-state index in [1.165, 1.54) is 12.1 Å². The molecule has 0 aromatic heterocycles. The second-order valence-electron chi connectivity index (χ2n) is 7.28. The van der Waals surface area contributed by atoms with Crippen molar-refractivity contribution in [3.63, 3.8) is 0 Å². The molecule has 5 rings (SSSR count). The van der Waals surface area contributed by atoms with Gasteiger partial charge >= 0.3 is 0 Å². The number of hydrogen-bond donors (Lipinski definition) is 0. The van der Waals surface area contributed by atoms with Crippen molar-refractivity contribution in [1.29, 1.82) is 0 Å². The molecule has 0 N–H and O–H groups in total. The maximum Gasteiger partial charge on any atom is 0.269 e. The zero-order valence-corrected chi connectivity index (χ0v) is 18.9. The highest BCUT2D eigenvalue weighted by atomic mass is 79.9. The van der Waals surface area contributed by atoms with Crippen molar-refractivity contribution in [1.82, 2.24) is 5.01 Å². The van der Waals surface area contributed by atoms with Gasteiger partial charge in [-0.2, -0.15) is 5.10 Å². The first-order valence-electron chi connectivity index (χ1n) is 9.42. The predicted molar refractivity (Wildman–Crippen MR) is 123 cm³/mol. The minimum absolute atomic E-state index is 0.0121. The smallest absolute Gasteiger partial charge is 0.269 e. The average Bonchev–Trinajstić information content (AvgIpc) is 3.19. The van der Waals surface area contributed by atoms with Crippen molar-refractivity contribution >= 4 is 50.5 Å². The van der Waals surface area contributed by atoms with Gasteiger partial charge in [0.15, 0.2) is 0 Å². The van der Waals surface area contributed by atoms with E-state index < -0.39 is 11.2 Å². The summed E-state index contributed by atoms with van der Waals surface area (Å²) in [7, 11) is 0. The molecule has 2 atom stereocenters. The molecule has 156 valence electrons. The molecule has 31 heavy (non-hydrogen) atoms. The lowest BCUT2D eigenvalue weighted by molar-refractivity contribution is -0.385. The molecule has 0 saturated carbocycles. The summed E-state index contributed by atoms with van der Waals surface area (Å²) in [5.41, 5.74) is 3.33. The van der Waals surface area contributed by atoms with Crippen LogP contribution in [0.4, 0.5) is 5.69 Å². The fourth-order valence-corrected chi connectivity index (χ4v) is 4.76. The molecule has 3 aromatic carbocycles. The number of rotatable bonds is 3. The van der Waals surface area contributed by atoms with Gasteiger partial charge in [-0.3, -0.25) is 10.1 Å². The van der Waals surface area contributed by atoms with Crippen molar-refractivity contribution in [2.24, 2.45) is 5.10 Å². The molecule has 6 nitrogen and oxygen atoms in total. The number of benzene rings is 3. The van der Waals surface area contributed by atoms with Crippen LogP contribution in [-0.4, -0.2) is 15.6 Å². The van der Waals surface area contributed by atoms with E-state index in [1.807, 2.05) is 35.3 Å². The Morgan fingerprint density at radius 2 is 1.90 bits per heavy atom. The molecule has 0 unspecified atom stereocenters. The number of hydrazone groups is 1. The van der Waals surface area contributed by atoms with Crippen LogP contribution in [0.2, 0.25) is 10.0 Å². The number of fused-ring (bicyclic) bond motifs is 3. The summed E-state index contributed by atoms with van der Waals surface area (Å²) in [6.45, 7) is 0. The van der Waals surface area contributed by atoms with E-state index in [1.54, 1.807) is 18.2 Å². The van der Waals surface area contributed by atoms with Gasteiger partial charge in [-0.25, -0.2) is 5.01 Å². The largest absolute Gasteiger partial charge is 0.463 e. The summed E-state index contributed by atoms with van der Waals surface area (Å²) < 4.78 is 7.23. The van der Waals surface area contributed by atoms with E-state index in [9.17, 15) is 10.1 Å². The van der Waals surface area contributed by atoms with E-state index >= 15 is 0 Å². The highest BCUT2D eigenvalue weighted by molar-refractivity contribution is 9.10. The fourth-order valence-electron chi connectivity index (χ4n) is 3.94. The Bertz CT molecular complexity index is 1230. The van der Waals surface area contributed by atoms with Crippen LogP contribution in [0.1, 0.15) is 35.4 Å². The van der Waals surface area contributed by atoms with Gasteiger partial charge in [-0.15, -0.1) is 0 Å². The number of nitro benzene ring substituents is 1. The molecular weight excluding hydrogens is 505 g/mol. The second-order valence-corrected chi connectivity index (χ2v) is 9.04. The summed E-state index contributed by atoms with van der Waals surface area (Å²) in [6.07, 6.45) is -0.0379. The third-order valence-electron chi connectivity index (χ3n) is 5.35. The Hall–Kier alpha value is -2.61. The summed E-state index contributed by atoms with van der Waals surface area (Å²) in [5.74, 6) is 0.524. The molecule has 3 aromatic rings. The molecule has 0 saturated heterocycles. The lowest BCUT2D eigenvalue weighted by Crippen LogP contribution is -2.33. The highest BCUT2D eigenvalue weighted by Gasteiger charge is 2.42. The molecule has 2 aliphatic rings. The molecule has 0 spiro atoms. The van der Waals surface area contributed by atoms with E-state index in [-0.39, 0.29) is 11.7 Å². The van der Waals surface area contributed by atoms with Crippen molar-refractivity contribution in [3.8, 4) is 5.75 Å². The number of ether oxygens (including phenoxy) is 1. The molecule has 0 fully saturated rings. The van der Waals surface area contributed by atoms with Crippen LogP contribution in [0.3, 0.4) is 0 Å². The Morgan fingerprint density at radius 3 is 2.65 bits per heavy atom. The van der Waals surface area contributed by atoms with Gasteiger partial charge in [0.05, 0.1) is 21.7 Å². The van der Waals surface area contributed by atoms with Crippen LogP contribution in [0.15, 0.2) is 70.2 Å². The Kier molecular flexibility index (Phi) is 5.12. The first-order chi connectivity index (χ1) is 14.9. The fraction of sp³-hybridized carbons (Fsp3) is 0.136. The molecule has 2 heterocycles. The third-order valence-corrected chi connectivity index (χ3v) is 6.38. The highest BCUT2D eigenvalue weighted by Crippen LogP contribution is 2.51. The van der Waals surface area contributed by atoms with Crippen LogP contribution in [0.25, 0.3) is 0 Å². The predicted octanol–water partition coefficient (Wildman–Crippen LogP) is 6.91. The molecule has 2 aliphatic heterocycles. The first-order valence-corrected chi connectivity index (χ1v) is 11.0. The Balaban J connectivity index is 1.63. The van der Waals surface area contributed by atoms with E-state index in [2.05, 4.69) is 15.9 Å². The van der Waals surface area contributed by atoms with Gasteiger partial charge in [0.25, 0.3) is 5.69 Å². The van der Waals surface area contributed by atoms with Crippen molar-refractivity contribution < 1.29 is 9.66 Å². The maximum atomic E-state index is 11.3. The maximum absolute atomic E-state index is 11.3. The van der Waals surface area contributed by atoms with Crippen LogP contribution in [0.5, 0.6) is 5.75 Å². The summed E-state index contributed by atoms with van der Waals surface area (Å²) in [4.78, 5) is 10.9. The quantitative estimate of drug-likeness (QED) is 0.279. The van der Waals surface area contributed by atoms with Crippen LogP contribution in [0, 0.1) is 10.1 Å². The summed E-state index contributed by atoms with van der Waals surface area (Å²) in [6, 6.07) is 17.6. The van der Waals surface area contributed by atoms with Gasteiger partial charge in [-0.1, -0.05) is 63.4 Å². The third kappa shape index (κ3) is 3.67. The number of nitro groups is 1. The molecule has 0 radical (unpaired) electrons. The zero-order valence-electron chi connectivity index (χ0n) is 15.8. The monoisotopic (exact) mass is 517 g/mol. The van der Waals surface area contributed by atoms with Gasteiger partial charge in [0.1, 0.15) is 5.75 Å². The van der Waals surface area contributed by atoms with Crippen LogP contribution >= 0.6 is 39.1 Å². The molecular formula is C22H14BrCl2N3O3. The average molecular weight is 519 g/mol. The number of nitrogens with zero attached hydrogens (tertiary/aromatic N) is 3. The lowest BCUT2D eigenvalue weighted by Gasteiger charge is -2.38. The Labute approximate surface area is 196 Å². The second kappa shape index (κ2) is 7.82. The lowest BCUT2D eigenvalue weighted by atomic mass is 9.96. The van der Waals surface area contributed by atoms with Gasteiger partial charge in [0, 0.05) is 39.2 Å². The molecule has 9 heteroatoms. The Morgan fingerprint density at radius 1 is 1.13 bits per heavy atom. The molecule has 0 bridgehead atoms. The zero-order chi connectivity index (χ0) is 21.7. The van der Waals surface area contributed by atoms with Crippen LogP contribution < -0.4 is 4.74 Å². The van der Waals surface area contributed by atoms with Crippen molar-refractivity contribution in [3.05, 3.63) is 102 Å². The minimum Gasteiger partial charge on any atom is -0.463 e. The van der Waals surface area contributed by atoms with Crippen molar-refractivity contribution in [2.45, 2.75) is 18.7 Å². The van der Waals surface area contributed by atoms with Crippen molar-refractivity contribution in [2.75, 3.05) is 0 Å². The number of non-ortho nitro benzene ring substituents is 1. The summed E-state index contributed by atoms with van der Waals surface area (Å²) in [5, 5.41) is 18.9. The van der Waals surface area contributed by atoms with Gasteiger partial charge in [-0.05, 0) is 29.8 Å². The number of hydrogen-bond acceptors (Lipinski definition) is 5. The molecule has 0 aliphatic carbocycles. The number of halogens is 3. The SMILES string of the molecule is O=[N+]([O-])c1cccc([C@H]2Oc3c(Cl)cc(Cl)cc3[C@H]3CC(c4ccc(Br)cc4)=NN32)c1. The normalized spacial score (nSPS) is 19.3. The standard InChI is InChI=1S/C22H14BrCl2N3O3/c23-14-6-4-12(5-7-14)19-11-20-17-9-15(24)10-18(25)21(17)31-22(27(20)26-19)13-2-1-3-16(8-13)28(29)30/h1-10,20,22H,11H2/t20-,22-/m1/s1. The summed E-state index contributed by atoms with van der Waals surface area (Å²) >= 11 is 16.2. The van der Waals surface area contributed by atoms with E-state index in [0.717, 1.165) is 21.3 Å². The minimum atomic E-state index is -0.663. The van der Waals surface area contributed by atoms with E-state index in [4.69, 9.17) is 33.0 Å². The molecule has 0 amide bonds.